The topological polar surface area (TPSA) is 63.4 Å². The molecule has 1 aliphatic carbocycles. The van der Waals surface area contributed by atoms with E-state index in [0.717, 1.165) is 19.3 Å². The van der Waals surface area contributed by atoms with E-state index in [4.69, 9.17) is 5.73 Å². The van der Waals surface area contributed by atoms with Crippen molar-refractivity contribution in [1.82, 2.24) is 0 Å². The van der Waals surface area contributed by atoms with Gasteiger partial charge in [0.2, 0.25) is 11.8 Å². The van der Waals surface area contributed by atoms with Crippen LogP contribution in [0.3, 0.4) is 0 Å². The van der Waals surface area contributed by atoms with Crippen LogP contribution in [-0.4, -0.2) is 17.9 Å². The molecule has 2 aliphatic rings. The van der Waals surface area contributed by atoms with E-state index < -0.39 is 17.4 Å². The van der Waals surface area contributed by atoms with Gasteiger partial charge in [-0.1, -0.05) is 12.8 Å². The molecule has 1 aliphatic heterocycles. The van der Waals surface area contributed by atoms with Crippen molar-refractivity contribution in [2.24, 2.45) is 11.1 Å². The predicted molar refractivity (Wildman–Crippen MR) is 76.7 cm³/mol. The summed E-state index contributed by atoms with van der Waals surface area (Å²) >= 11 is 0. The molecule has 5 heteroatoms. The maximum atomic E-state index is 13.1. The number of primary amides is 1. The lowest BCUT2D eigenvalue weighted by molar-refractivity contribution is -0.126. The molecule has 0 bridgehead atoms. The van der Waals surface area contributed by atoms with E-state index in [9.17, 15) is 14.0 Å². The molecule has 2 atom stereocenters. The lowest BCUT2D eigenvalue weighted by atomic mass is 9.72. The van der Waals surface area contributed by atoms with Crippen molar-refractivity contribution in [3.63, 3.8) is 0 Å². The number of hydrogen-bond acceptors (Lipinski definition) is 2. The van der Waals surface area contributed by atoms with Crippen molar-refractivity contribution in [1.29, 1.82) is 0 Å². The summed E-state index contributed by atoms with van der Waals surface area (Å²) in [6, 6.07) is 4.98. The molecule has 21 heavy (non-hydrogen) atoms. The highest BCUT2D eigenvalue weighted by molar-refractivity contribution is 6.06. The summed E-state index contributed by atoms with van der Waals surface area (Å²) in [5.74, 6) is -0.939. The number of carbonyl (C=O) groups excluding carboxylic acids is 2. The van der Waals surface area contributed by atoms with E-state index in [-0.39, 0.29) is 11.7 Å². The third kappa shape index (κ3) is 2.30. The second-order valence-electron chi connectivity index (χ2n) is 5.94. The monoisotopic (exact) mass is 289 g/mol. The zero-order chi connectivity index (χ0) is 15.0. The Balaban J connectivity index is 1.98. The average molecular weight is 289 g/mol. The molecule has 4 nitrogen and oxygen atoms in total. The number of benzene rings is 1. The standard InChI is InChI=1S/C16H18FN2O2/c17-11-4-6-12(7-5-11)19-13(14(18)20)10-16(15(19)21)8-2-1-3-9-16/h2,4-7,13H,1,3,8-10H2,(H2,18,20)/t13?,16-/m1/s1. The van der Waals surface area contributed by atoms with Gasteiger partial charge in [-0.2, -0.15) is 0 Å². The summed E-state index contributed by atoms with van der Waals surface area (Å²) in [6.07, 6.45) is 6.00. The minimum atomic E-state index is -0.644. The molecule has 3 rings (SSSR count). The van der Waals surface area contributed by atoms with Crippen LogP contribution in [-0.2, 0) is 9.59 Å². The van der Waals surface area contributed by atoms with Gasteiger partial charge >= 0.3 is 0 Å². The maximum Gasteiger partial charge on any atom is 0.240 e. The van der Waals surface area contributed by atoms with Gasteiger partial charge in [0.05, 0.1) is 5.41 Å². The van der Waals surface area contributed by atoms with Gasteiger partial charge in [0.1, 0.15) is 11.9 Å². The number of anilines is 1. The third-order valence-corrected chi connectivity index (χ3v) is 4.60. The van der Waals surface area contributed by atoms with Crippen LogP contribution < -0.4 is 10.6 Å². The van der Waals surface area contributed by atoms with Crippen LogP contribution in [0, 0.1) is 17.7 Å². The van der Waals surface area contributed by atoms with Gasteiger partial charge in [-0.3, -0.25) is 14.5 Å². The first-order valence-electron chi connectivity index (χ1n) is 7.24. The first-order valence-corrected chi connectivity index (χ1v) is 7.24. The smallest absolute Gasteiger partial charge is 0.240 e. The lowest BCUT2D eigenvalue weighted by Crippen LogP contribution is -2.43. The van der Waals surface area contributed by atoms with E-state index >= 15 is 0 Å². The SMILES string of the molecule is NC(=O)C1C[C@]2(C[CH]CCC2)C(=O)N1c1ccc(F)cc1. The molecular weight excluding hydrogens is 271 g/mol. The summed E-state index contributed by atoms with van der Waals surface area (Å²) in [5, 5.41) is 0. The normalized spacial score (nSPS) is 24.5. The van der Waals surface area contributed by atoms with Crippen molar-refractivity contribution < 1.29 is 14.0 Å². The molecule has 2 N–H and O–H groups in total. The molecule has 2 fully saturated rings. The minimum Gasteiger partial charge on any atom is -0.368 e. The maximum absolute atomic E-state index is 13.1. The number of halogens is 1. The number of amides is 2. The van der Waals surface area contributed by atoms with Crippen molar-refractivity contribution >= 4 is 17.5 Å². The lowest BCUT2D eigenvalue weighted by Gasteiger charge is -2.31. The highest BCUT2D eigenvalue weighted by Crippen LogP contribution is 2.48. The van der Waals surface area contributed by atoms with Crippen molar-refractivity contribution in [2.45, 2.75) is 38.1 Å². The number of nitrogens with zero attached hydrogens (tertiary/aromatic N) is 1. The fraction of sp³-hybridized carbons (Fsp3) is 0.438. The highest BCUT2D eigenvalue weighted by atomic mass is 19.1. The van der Waals surface area contributed by atoms with Gasteiger partial charge in [-0.15, -0.1) is 0 Å². The van der Waals surface area contributed by atoms with Crippen LogP contribution in [0.4, 0.5) is 10.1 Å². The molecule has 111 valence electrons. The Bertz CT molecular complexity index is 564. The van der Waals surface area contributed by atoms with Crippen LogP contribution in [0.25, 0.3) is 0 Å². The Morgan fingerprint density at radius 1 is 1.33 bits per heavy atom. The summed E-state index contributed by atoms with van der Waals surface area (Å²) in [6.45, 7) is 0. The van der Waals surface area contributed by atoms with Gasteiger partial charge in [0.15, 0.2) is 0 Å². The fourth-order valence-electron chi connectivity index (χ4n) is 3.52. The van der Waals surface area contributed by atoms with E-state index in [1.807, 2.05) is 0 Å². The van der Waals surface area contributed by atoms with Crippen LogP contribution in [0.5, 0.6) is 0 Å². The summed E-state index contributed by atoms with van der Waals surface area (Å²) in [4.78, 5) is 26.1. The first-order chi connectivity index (χ1) is 10.0. The Morgan fingerprint density at radius 3 is 2.62 bits per heavy atom. The van der Waals surface area contributed by atoms with Crippen molar-refractivity contribution in [2.75, 3.05) is 4.90 Å². The second kappa shape index (κ2) is 5.13. The molecule has 1 unspecified atom stereocenters. The molecule has 1 aromatic carbocycles. The quantitative estimate of drug-likeness (QED) is 0.907. The molecule has 2 amide bonds. The molecule has 1 saturated heterocycles. The predicted octanol–water partition coefficient (Wildman–Crippen LogP) is 2.18. The van der Waals surface area contributed by atoms with Crippen molar-refractivity contribution in [3.8, 4) is 0 Å². The van der Waals surface area contributed by atoms with Crippen LogP contribution in [0.1, 0.15) is 32.1 Å². The summed E-state index contributed by atoms with van der Waals surface area (Å²) in [7, 11) is 0. The molecule has 1 radical (unpaired) electrons. The number of hydrogen-bond donors (Lipinski definition) is 1. The van der Waals surface area contributed by atoms with E-state index in [1.165, 1.54) is 29.2 Å². The Labute approximate surface area is 123 Å². The largest absolute Gasteiger partial charge is 0.368 e. The zero-order valence-corrected chi connectivity index (χ0v) is 11.7. The Kier molecular flexibility index (Phi) is 3.43. The summed E-state index contributed by atoms with van der Waals surface area (Å²) in [5.41, 5.74) is 5.52. The van der Waals surface area contributed by atoms with E-state index in [0.29, 0.717) is 18.5 Å². The average Bonchev–Trinajstić information content (AvgIpc) is 2.75. The minimum absolute atomic E-state index is 0.0612. The van der Waals surface area contributed by atoms with E-state index in [2.05, 4.69) is 6.42 Å². The van der Waals surface area contributed by atoms with Gasteiger partial charge in [-0.25, -0.2) is 4.39 Å². The van der Waals surface area contributed by atoms with Gasteiger partial charge in [0.25, 0.3) is 0 Å². The number of nitrogens with two attached hydrogens (primary N) is 1. The number of carbonyl (C=O) groups is 2. The van der Waals surface area contributed by atoms with Gasteiger partial charge in [0, 0.05) is 5.69 Å². The Hall–Kier alpha value is -1.91. The van der Waals surface area contributed by atoms with Gasteiger partial charge < -0.3 is 5.73 Å². The molecular formula is C16H18FN2O2. The molecule has 0 aromatic heterocycles. The summed E-state index contributed by atoms with van der Waals surface area (Å²) < 4.78 is 13.1. The van der Waals surface area contributed by atoms with Crippen molar-refractivity contribution in [3.05, 3.63) is 36.5 Å². The van der Waals surface area contributed by atoms with Crippen LogP contribution in [0.15, 0.2) is 24.3 Å². The van der Waals surface area contributed by atoms with Crippen LogP contribution >= 0.6 is 0 Å². The Morgan fingerprint density at radius 2 is 2.05 bits per heavy atom. The van der Waals surface area contributed by atoms with Gasteiger partial charge in [-0.05, 0) is 49.9 Å². The molecule has 1 heterocycles. The zero-order valence-electron chi connectivity index (χ0n) is 11.7. The van der Waals surface area contributed by atoms with E-state index in [1.54, 1.807) is 0 Å². The fourth-order valence-corrected chi connectivity index (χ4v) is 3.52. The second-order valence-corrected chi connectivity index (χ2v) is 5.94. The molecule has 1 aromatic rings. The van der Waals surface area contributed by atoms with Crippen LogP contribution in [0.2, 0.25) is 0 Å². The highest BCUT2D eigenvalue weighted by Gasteiger charge is 2.53. The number of rotatable bonds is 2. The molecule has 1 saturated carbocycles. The third-order valence-electron chi connectivity index (χ3n) is 4.60. The molecule has 1 spiro atoms. The first kappa shape index (κ1) is 14.0.